The summed E-state index contributed by atoms with van der Waals surface area (Å²) in [5.41, 5.74) is 2.66. The number of imidazole rings is 1. The van der Waals surface area contributed by atoms with Gasteiger partial charge in [0.1, 0.15) is 23.8 Å². The molecule has 11 heteroatoms. The number of piperidine rings is 1. The first-order valence-electron chi connectivity index (χ1n) is 13.9. The number of nitrogens with zero attached hydrogens (tertiary/aromatic N) is 5. The number of benzene rings is 1. The second-order valence-electron chi connectivity index (χ2n) is 10.6. The Morgan fingerprint density at radius 3 is 2.66 bits per heavy atom. The average molecular weight is 580 g/mol. The van der Waals surface area contributed by atoms with Gasteiger partial charge in [-0.1, -0.05) is 23.7 Å². The van der Waals surface area contributed by atoms with E-state index in [1.165, 1.54) is 12.1 Å². The van der Waals surface area contributed by atoms with Crippen LogP contribution in [0.15, 0.2) is 48.5 Å². The Bertz CT molecular complexity index is 1570. The molecule has 2 fully saturated rings. The van der Waals surface area contributed by atoms with Gasteiger partial charge >= 0.3 is 5.97 Å². The monoisotopic (exact) mass is 579 g/mol. The summed E-state index contributed by atoms with van der Waals surface area (Å²) in [5, 5.41) is 9.82. The van der Waals surface area contributed by atoms with Gasteiger partial charge in [0.05, 0.1) is 18.7 Å². The van der Waals surface area contributed by atoms with Gasteiger partial charge in [0.2, 0.25) is 5.88 Å². The Kier molecular flexibility index (Phi) is 7.88. The van der Waals surface area contributed by atoms with Gasteiger partial charge in [0.25, 0.3) is 0 Å². The molecular formula is C30H31ClFN5O4. The summed E-state index contributed by atoms with van der Waals surface area (Å²) in [7, 11) is 0. The third kappa shape index (κ3) is 5.91. The first kappa shape index (κ1) is 27.6. The zero-order valence-electron chi connectivity index (χ0n) is 22.7. The van der Waals surface area contributed by atoms with Crippen molar-refractivity contribution in [2.24, 2.45) is 0 Å². The Hall–Kier alpha value is -3.60. The minimum absolute atomic E-state index is 0.00482. The van der Waals surface area contributed by atoms with Crippen LogP contribution in [0.4, 0.5) is 4.39 Å². The summed E-state index contributed by atoms with van der Waals surface area (Å²) in [5.74, 6) is 0.148. The molecule has 0 spiro atoms. The molecule has 5 heterocycles. The van der Waals surface area contributed by atoms with E-state index in [1.807, 2.05) is 16.7 Å². The number of ether oxygens (including phenoxy) is 2. The molecule has 2 unspecified atom stereocenters. The number of rotatable bonds is 9. The van der Waals surface area contributed by atoms with E-state index in [1.54, 1.807) is 24.3 Å². The Balaban J connectivity index is 1.14. The van der Waals surface area contributed by atoms with Crippen LogP contribution in [0.25, 0.3) is 11.2 Å². The Morgan fingerprint density at radius 2 is 1.95 bits per heavy atom. The normalized spacial score (nSPS) is 18.8. The molecule has 6 rings (SSSR count). The number of aromatic nitrogens is 4. The molecule has 4 aromatic rings. The topological polar surface area (TPSA) is 103 Å². The number of aromatic carboxylic acids is 1. The van der Waals surface area contributed by atoms with Crippen molar-refractivity contribution in [1.82, 2.24) is 24.4 Å². The minimum atomic E-state index is -1.06. The van der Waals surface area contributed by atoms with Crippen molar-refractivity contribution in [2.45, 2.75) is 57.4 Å². The first-order chi connectivity index (χ1) is 19.9. The summed E-state index contributed by atoms with van der Waals surface area (Å²) in [6.45, 7) is 5.25. The van der Waals surface area contributed by atoms with Crippen molar-refractivity contribution < 1.29 is 23.8 Å². The van der Waals surface area contributed by atoms with Gasteiger partial charge in [0, 0.05) is 34.9 Å². The molecule has 2 aliphatic rings. The van der Waals surface area contributed by atoms with Crippen LogP contribution in [0.1, 0.15) is 65.7 Å². The fourth-order valence-electron chi connectivity index (χ4n) is 5.54. The summed E-state index contributed by atoms with van der Waals surface area (Å²) in [6, 6.07) is 13.5. The highest BCUT2D eigenvalue weighted by atomic mass is 35.5. The molecule has 2 aliphatic heterocycles. The largest absolute Gasteiger partial charge is 0.477 e. The third-order valence-corrected chi connectivity index (χ3v) is 8.26. The number of likely N-dealkylation sites (tertiary alicyclic amines) is 1. The predicted molar refractivity (Wildman–Crippen MR) is 151 cm³/mol. The highest BCUT2D eigenvalue weighted by Crippen LogP contribution is 2.33. The molecule has 214 valence electrons. The number of pyridine rings is 2. The van der Waals surface area contributed by atoms with Gasteiger partial charge in [-0.05, 0) is 69.6 Å². The molecule has 3 aromatic heterocycles. The molecule has 2 atom stereocenters. The summed E-state index contributed by atoms with van der Waals surface area (Å²) in [6.07, 6.45) is 2.87. The van der Waals surface area contributed by atoms with E-state index in [0.29, 0.717) is 34.2 Å². The molecule has 41 heavy (non-hydrogen) atoms. The maximum Gasteiger partial charge on any atom is 0.354 e. The molecule has 0 bridgehead atoms. The SMILES string of the molecule is CC(c1nc2ccc(C(=O)O)nc2n1CC1CCO1)N1CCC(c2cccc(OCc3ccc(Cl)cc3F)n2)CC1. The van der Waals surface area contributed by atoms with E-state index >= 15 is 0 Å². The van der Waals surface area contributed by atoms with Crippen molar-refractivity contribution in [2.75, 3.05) is 19.7 Å². The standard InChI is InChI=1S/C30H31ClFN5O4/c1-18(28-34-25-7-8-26(30(38)39)35-29(25)37(28)16-22-11-14-40-22)36-12-9-19(10-13-36)24-3-2-4-27(33-24)41-17-20-5-6-21(31)15-23(20)32/h2-8,15,18-19,22H,9-14,16-17H2,1H3,(H,38,39). The first-order valence-corrected chi connectivity index (χ1v) is 14.2. The maximum atomic E-state index is 14.1. The lowest BCUT2D eigenvalue weighted by Gasteiger charge is -2.36. The van der Waals surface area contributed by atoms with Crippen LogP contribution in [-0.4, -0.2) is 61.3 Å². The van der Waals surface area contributed by atoms with E-state index in [2.05, 4.69) is 16.8 Å². The quantitative estimate of drug-likeness (QED) is 0.272. The number of hydrogen-bond acceptors (Lipinski definition) is 7. The smallest absolute Gasteiger partial charge is 0.354 e. The van der Waals surface area contributed by atoms with E-state index < -0.39 is 11.8 Å². The summed E-state index contributed by atoms with van der Waals surface area (Å²) >= 11 is 5.85. The van der Waals surface area contributed by atoms with Gasteiger partial charge in [-0.3, -0.25) is 4.90 Å². The van der Waals surface area contributed by atoms with Crippen molar-refractivity contribution in [1.29, 1.82) is 0 Å². The number of fused-ring (bicyclic) bond motifs is 1. The number of halogens is 2. The average Bonchev–Trinajstić information content (AvgIpc) is 3.32. The van der Waals surface area contributed by atoms with Crippen LogP contribution in [0.2, 0.25) is 5.02 Å². The Morgan fingerprint density at radius 1 is 1.15 bits per heavy atom. The zero-order chi connectivity index (χ0) is 28.5. The lowest BCUT2D eigenvalue weighted by molar-refractivity contribution is -0.0595. The number of carbonyl (C=O) groups is 1. The predicted octanol–water partition coefficient (Wildman–Crippen LogP) is 5.63. The molecule has 0 radical (unpaired) electrons. The van der Waals surface area contributed by atoms with E-state index in [0.717, 1.165) is 50.5 Å². The molecule has 1 N–H and O–H groups in total. The van der Waals surface area contributed by atoms with E-state index in [9.17, 15) is 14.3 Å². The van der Waals surface area contributed by atoms with Gasteiger partial charge in [-0.2, -0.15) is 0 Å². The number of carboxylic acids is 1. The lowest BCUT2D eigenvalue weighted by atomic mass is 9.92. The third-order valence-electron chi connectivity index (χ3n) is 8.03. The van der Waals surface area contributed by atoms with Gasteiger partial charge in [-0.15, -0.1) is 0 Å². The van der Waals surface area contributed by atoms with Gasteiger partial charge in [0.15, 0.2) is 11.3 Å². The highest BCUT2D eigenvalue weighted by molar-refractivity contribution is 6.30. The summed E-state index contributed by atoms with van der Waals surface area (Å²) in [4.78, 5) is 28.0. The van der Waals surface area contributed by atoms with Gasteiger partial charge < -0.3 is 19.1 Å². The van der Waals surface area contributed by atoms with Crippen LogP contribution in [-0.2, 0) is 17.9 Å². The molecule has 9 nitrogen and oxygen atoms in total. The summed E-state index contributed by atoms with van der Waals surface area (Å²) < 4.78 is 27.7. The van der Waals surface area contributed by atoms with Crippen molar-refractivity contribution in [3.63, 3.8) is 0 Å². The van der Waals surface area contributed by atoms with Crippen LogP contribution in [0.5, 0.6) is 5.88 Å². The van der Waals surface area contributed by atoms with E-state index in [4.69, 9.17) is 31.0 Å². The number of hydrogen-bond donors (Lipinski definition) is 1. The molecular weight excluding hydrogens is 549 g/mol. The molecule has 0 aliphatic carbocycles. The van der Waals surface area contributed by atoms with E-state index in [-0.39, 0.29) is 30.4 Å². The van der Waals surface area contributed by atoms with Gasteiger partial charge in [-0.25, -0.2) is 24.1 Å². The maximum absolute atomic E-state index is 14.1. The minimum Gasteiger partial charge on any atom is -0.477 e. The highest BCUT2D eigenvalue weighted by Gasteiger charge is 2.30. The van der Waals surface area contributed by atoms with Crippen LogP contribution >= 0.6 is 11.6 Å². The fourth-order valence-corrected chi connectivity index (χ4v) is 5.70. The molecule has 1 aromatic carbocycles. The van der Waals surface area contributed by atoms with Crippen LogP contribution < -0.4 is 4.74 Å². The van der Waals surface area contributed by atoms with Crippen LogP contribution in [0.3, 0.4) is 0 Å². The Labute approximate surface area is 241 Å². The van der Waals surface area contributed by atoms with Crippen molar-refractivity contribution >= 4 is 28.7 Å². The zero-order valence-corrected chi connectivity index (χ0v) is 23.4. The molecule has 0 amide bonds. The second-order valence-corrected chi connectivity index (χ2v) is 11.1. The molecule has 2 saturated heterocycles. The van der Waals surface area contributed by atoms with Crippen molar-refractivity contribution in [3.05, 3.63) is 82.1 Å². The van der Waals surface area contributed by atoms with Crippen LogP contribution in [0, 0.1) is 5.82 Å². The molecule has 0 saturated carbocycles. The number of carboxylic acid groups (broad SMARTS) is 1. The van der Waals surface area contributed by atoms with Crippen molar-refractivity contribution in [3.8, 4) is 5.88 Å². The fraction of sp³-hybridized carbons (Fsp3) is 0.400. The second kappa shape index (κ2) is 11.7. The lowest BCUT2D eigenvalue weighted by Crippen LogP contribution is -2.37.